The molecule has 0 atom stereocenters. The van der Waals surface area contributed by atoms with Crippen molar-refractivity contribution in [1.82, 2.24) is 10.3 Å². The first-order chi connectivity index (χ1) is 8.49. The number of aromatic nitrogens is 1. The molecule has 2 N–H and O–H groups in total. The molecular weight excluding hydrogens is 296 g/mol. The number of pyridine rings is 1. The van der Waals surface area contributed by atoms with Crippen LogP contribution >= 0.6 is 15.9 Å². The van der Waals surface area contributed by atoms with Gasteiger partial charge in [-0.1, -0.05) is 26.7 Å². The van der Waals surface area contributed by atoms with E-state index in [0.29, 0.717) is 12.5 Å². The van der Waals surface area contributed by atoms with E-state index in [4.69, 9.17) is 0 Å². The van der Waals surface area contributed by atoms with E-state index in [-0.39, 0.29) is 17.0 Å². The number of carbonyl (C=O) groups is 1. The van der Waals surface area contributed by atoms with Gasteiger partial charge in [0.1, 0.15) is 5.56 Å². The SMILES string of the molecule is CCC(CC)CNC(=O)c1cc(Br)c(C)[nH]c1=O. The normalized spacial score (nSPS) is 10.7. The molecule has 18 heavy (non-hydrogen) atoms. The third-order valence-electron chi connectivity index (χ3n) is 3.13. The molecule has 5 heteroatoms. The number of hydrogen-bond donors (Lipinski definition) is 2. The molecular formula is C13H19BrN2O2. The molecule has 1 amide bonds. The quantitative estimate of drug-likeness (QED) is 0.877. The molecule has 1 heterocycles. The predicted octanol–water partition coefficient (Wildman–Crippen LogP) is 2.61. The van der Waals surface area contributed by atoms with Crippen LogP contribution in [0.1, 0.15) is 42.7 Å². The van der Waals surface area contributed by atoms with E-state index in [1.165, 1.54) is 0 Å². The molecule has 0 saturated carbocycles. The summed E-state index contributed by atoms with van der Waals surface area (Å²) in [6.45, 7) is 6.57. The summed E-state index contributed by atoms with van der Waals surface area (Å²) in [5.74, 6) is 0.144. The van der Waals surface area contributed by atoms with Crippen LogP contribution in [0.25, 0.3) is 0 Å². The Kier molecular flexibility index (Phi) is 5.59. The first-order valence-corrected chi connectivity index (χ1v) is 6.96. The fourth-order valence-electron chi connectivity index (χ4n) is 1.68. The first-order valence-electron chi connectivity index (χ1n) is 6.17. The molecule has 0 bridgehead atoms. The molecule has 1 aromatic rings. The van der Waals surface area contributed by atoms with Crippen molar-refractivity contribution in [3.63, 3.8) is 0 Å². The van der Waals surface area contributed by atoms with Crippen LogP contribution in [0.3, 0.4) is 0 Å². The third-order valence-corrected chi connectivity index (χ3v) is 3.95. The van der Waals surface area contributed by atoms with Crippen molar-refractivity contribution in [2.24, 2.45) is 5.92 Å². The molecule has 1 rings (SSSR count). The van der Waals surface area contributed by atoms with Crippen molar-refractivity contribution >= 4 is 21.8 Å². The highest BCUT2D eigenvalue weighted by molar-refractivity contribution is 9.10. The van der Waals surface area contributed by atoms with Gasteiger partial charge in [-0.15, -0.1) is 0 Å². The average molecular weight is 315 g/mol. The van der Waals surface area contributed by atoms with Gasteiger partial charge in [0.25, 0.3) is 11.5 Å². The van der Waals surface area contributed by atoms with E-state index in [1.807, 2.05) is 0 Å². The van der Waals surface area contributed by atoms with Crippen LogP contribution in [-0.4, -0.2) is 17.4 Å². The summed E-state index contributed by atoms with van der Waals surface area (Å²) in [4.78, 5) is 26.2. The van der Waals surface area contributed by atoms with Crippen molar-refractivity contribution in [2.75, 3.05) is 6.54 Å². The number of H-pyrrole nitrogens is 1. The van der Waals surface area contributed by atoms with Crippen molar-refractivity contribution in [1.29, 1.82) is 0 Å². The van der Waals surface area contributed by atoms with E-state index in [1.54, 1.807) is 13.0 Å². The van der Waals surface area contributed by atoms with Gasteiger partial charge in [-0.3, -0.25) is 9.59 Å². The smallest absolute Gasteiger partial charge is 0.261 e. The Labute approximate surface area is 115 Å². The third kappa shape index (κ3) is 3.70. The Hall–Kier alpha value is -1.10. The van der Waals surface area contributed by atoms with Gasteiger partial charge >= 0.3 is 0 Å². The molecule has 1 aromatic heterocycles. The van der Waals surface area contributed by atoms with Gasteiger partial charge in [0.15, 0.2) is 0 Å². The maximum atomic E-state index is 11.9. The van der Waals surface area contributed by atoms with Gasteiger partial charge in [-0.25, -0.2) is 0 Å². The number of carbonyl (C=O) groups excluding carboxylic acids is 1. The molecule has 0 spiro atoms. The van der Waals surface area contributed by atoms with E-state index < -0.39 is 0 Å². The summed E-state index contributed by atoms with van der Waals surface area (Å²) in [7, 11) is 0. The van der Waals surface area contributed by atoms with Crippen LogP contribution in [0.4, 0.5) is 0 Å². The number of amides is 1. The minimum Gasteiger partial charge on any atom is -0.352 e. The Balaban J connectivity index is 2.79. The molecule has 0 aliphatic heterocycles. The van der Waals surface area contributed by atoms with Gasteiger partial charge in [0.2, 0.25) is 0 Å². The second-order valence-corrected chi connectivity index (χ2v) is 5.23. The van der Waals surface area contributed by atoms with Crippen LogP contribution in [0.15, 0.2) is 15.3 Å². The largest absolute Gasteiger partial charge is 0.352 e. The lowest BCUT2D eigenvalue weighted by Gasteiger charge is -2.13. The van der Waals surface area contributed by atoms with Crippen molar-refractivity contribution < 1.29 is 4.79 Å². The van der Waals surface area contributed by atoms with Gasteiger partial charge in [0, 0.05) is 16.7 Å². The Bertz CT molecular complexity index is 478. The Morgan fingerprint density at radius 1 is 1.44 bits per heavy atom. The number of halogens is 1. The molecule has 0 radical (unpaired) electrons. The second-order valence-electron chi connectivity index (χ2n) is 4.38. The van der Waals surface area contributed by atoms with Crippen molar-refractivity contribution in [2.45, 2.75) is 33.6 Å². The highest BCUT2D eigenvalue weighted by atomic mass is 79.9. The Morgan fingerprint density at radius 3 is 2.61 bits per heavy atom. The molecule has 0 fully saturated rings. The lowest BCUT2D eigenvalue weighted by atomic mass is 10.0. The van der Waals surface area contributed by atoms with Crippen LogP contribution < -0.4 is 10.9 Å². The van der Waals surface area contributed by atoms with Crippen LogP contribution in [-0.2, 0) is 0 Å². The van der Waals surface area contributed by atoms with E-state index in [9.17, 15) is 9.59 Å². The van der Waals surface area contributed by atoms with Crippen molar-refractivity contribution in [3.8, 4) is 0 Å². The number of aromatic amines is 1. The summed E-state index contributed by atoms with van der Waals surface area (Å²) in [5.41, 5.74) is 0.521. The maximum absolute atomic E-state index is 11.9. The molecule has 0 aliphatic carbocycles. The molecule has 100 valence electrons. The molecule has 0 saturated heterocycles. The molecule has 0 unspecified atom stereocenters. The fraction of sp³-hybridized carbons (Fsp3) is 0.538. The lowest BCUT2D eigenvalue weighted by molar-refractivity contribution is 0.0945. The molecule has 0 aliphatic rings. The minimum atomic E-state index is -0.349. The van der Waals surface area contributed by atoms with Crippen molar-refractivity contribution in [3.05, 3.63) is 32.2 Å². The second kappa shape index (κ2) is 6.73. The van der Waals surface area contributed by atoms with Gasteiger partial charge in [-0.2, -0.15) is 0 Å². The summed E-state index contributed by atoms with van der Waals surface area (Å²) < 4.78 is 0.731. The maximum Gasteiger partial charge on any atom is 0.261 e. The highest BCUT2D eigenvalue weighted by Crippen LogP contribution is 2.12. The Morgan fingerprint density at radius 2 is 2.06 bits per heavy atom. The molecule has 0 aromatic carbocycles. The number of hydrogen-bond acceptors (Lipinski definition) is 2. The lowest BCUT2D eigenvalue weighted by Crippen LogP contribution is -2.33. The van der Waals surface area contributed by atoms with Crippen LogP contribution in [0, 0.1) is 12.8 Å². The zero-order chi connectivity index (χ0) is 13.7. The first kappa shape index (κ1) is 15.0. The number of rotatable bonds is 5. The summed E-state index contributed by atoms with van der Waals surface area (Å²) in [6, 6.07) is 1.57. The van der Waals surface area contributed by atoms with Gasteiger partial charge in [0.05, 0.1) is 0 Å². The monoisotopic (exact) mass is 314 g/mol. The number of nitrogens with one attached hydrogen (secondary N) is 2. The van der Waals surface area contributed by atoms with Gasteiger partial charge in [-0.05, 0) is 34.8 Å². The van der Waals surface area contributed by atoms with E-state index in [2.05, 4.69) is 40.1 Å². The molecule has 4 nitrogen and oxygen atoms in total. The predicted molar refractivity (Wildman–Crippen MR) is 75.9 cm³/mol. The van der Waals surface area contributed by atoms with E-state index >= 15 is 0 Å². The zero-order valence-electron chi connectivity index (χ0n) is 11.0. The minimum absolute atomic E-state index is 0.151. The van der Waals surface area contributed by atoms with Crippen LogP contribution in [0.5, 0.6) is 0 Å². The van der Waals surface area contributed by atoms with E-state index in [0.717, 1.165) is 23.0 Å². The average Bonchev–Trinajstić information content (AvgIpc) is 2.34. The zero-order valence-corrected chi connectivity index (χ0v) is 12.6. The fourth-order valence-corrected chi connectivity index (χ4v) is 2.00. The van der Waals surface area contributed by atoms with Crippen LogP contribution in [0.2, 0.25) is 0 Å². The standard InChI is InChI=1S/C13H19BrN2O2/c1-4-9(5-2)7-15-12(17)10-6-11(14)8(3)16-13(10)18/h6,9H,4-5,7H2,1-3H3,(H,15,17)(H,16,18). The summed E-state index contributed by atoms with van der Waals surface area (Å²) in [6.07, 6.45) is 2.04. The summed E-state index contributed by atoms with van der Waals surface area (Å²) >= 11 is 3.31. The topological polar surface area (TPSA) is 62.0 Å². The van der Waals surface area contributed by atoms with Gasteiger partial charge < -0.3 is 10.3 Å². The highest BCUT2D eigenvalue weighted by Gasteiger charge is 2.13. The number of aryl methyl sites for hydroxylation is 1. The summed E-state index contributed by atoms with van der Waals surface area (Å²) in [5, 5.41) is 2.81.